The fourth-order valence-corrected chi connectivity index (χ4v) is 2.45. The van der Waals surface area contributed by atoms with E-state index in [-0.39, 0.29) is 5.91 Å². The summed E-state index contributed by atoms with van der Waals surface area (Å²) in [6, 6.07) is 9.24. The van der Waals surface area contributed by atoms with Crippen molar-refractivity contribution in [2.45, 2.75) is 19.4 Å². The Morgan fingerprint density at radius 3 is 2.83 bits per heavy atom. The van der Waals surface area contributed by atoms with Crippen LogP contribution in [0.4, 0.5) is 5.69 Å². The zero-order valence-corrected chi connectivity index (χ0v) is 13.1. The molecule has 3 rings (SSSR count). The predicted octanol–water partition coefficient (Wildman–Crippen LogP) is 3.14. The van der Waals surface area contributed by atoms with Gasteiger partial charge in [-0.25, -0.2) is 4.98 Å². The Kier molecular flexibility index (Phi) is 4.73. The van der Waals surface area contributed by atoms with Gasteiger partial charge in [-0.3, -0.25) is 9.48 Å². The Balaban J connectivity index is 1.64. The predicted molar refractivity (Wildman–Crippen MR) is 88.7 cm³/mol. The molecule has 6 nitrogen and oxygen atoms in total. The molecular formula is C16H16ClN5O. The van der Waals surface area contributed by atoms with Crippen LogP contribution < -0.4 is 5.32 Å². The summed E-state index contributed by atoms with van der Waals surface area (Å²) in [5.74, 6) is -0.0409. The van der Waals surface area contributed by atoms with E-state index in [0.29, 0.717) is 24.4 Å². The van der Waals surface area contributed by atoms with Crippen molar-refractivity contribution in [1.29, 1.82) is 0 Å². The third-order valence-corrected chi connectivity index (χ3v) is 3.61. The van der Waals surface area contributed by atoms with Gasteiger partial charge in [0.1, 0.15) is 12.7 Å². The second-order valence-corrected chi connectivity index (χ2v) is 5.50. The highest BCUT2D eigenvalue weighted by atomic mass is 35.5. The summed E-state index contributed by atoms with van der Waals surface area (Å²) in [6.07, 6.45) is 8.05. The second kappa shape index (κ2) is 7.11. The number of carbonyl (C=O) groups is 1. The molecule has 1 N–H and O–H groups in total. The Morgan fingerprint density at radius 2 is 2.09 bits per heavy atom. The third-order valence-electron chi connectivity index (χ3n) is 3.37. The molecule has 23 heavy (non-hydrogen) atoms. The molecule has 3 aromatic rings. The van der Waals surface area contributed by atoms with Crippen LogP contribution in [0.5, 0.6) is 0 Å². The van der Waals surface area contributed by atoms with E-state index < -0.39 is 0 Å². The fourth-order valence-electron chi connectivity index (χ4n) is 2.28. The van der Waals surface area contributed by atoms with Crippen molar-refractivity contribution in [2.75, 3.05) is 5.32 Å². The molecule has 7 heteroatoms. The zero-order valence-electron chi connectivity index (χ0n) is 12.4. The van der Waals surface area contributed by atoms with Crippen LogP contribution in [-0.4, -0.2) is 25.2 Å². The van der Waals surface area contributed by atoms with Gasteiger partial charge in [0.25, 0.3) is 0 Å². The van der Waals surface area contributed by atoms with E-state index in [9.17, 15) is 4.79 Å². The van der Waals surface area contributed by atoms with Crippen molar-refractivity contribution in [3.05, 3.63) is 60.4 Å². The van der Waals surface area contributed by atoms with Crippen LogP contribution in [0.25, 0.3) is 5.69 Å². The average Bonchev–Trinajstić information content (AvgIpc) is 3.22. The van der Waals surface area contributed by atoms with E-state index in [2.05, 4.69) is 15.4 Å². The quantitative estimate of drug-likeness (QED) is 0.755. The Bertz CT molecular complexity index is 768. The monoisotopic (exact) mass is 329 g/mol. The Hall–Kier alpha value is -2.60. The molecule has 2 heterocycles. The summed E-state index contributed by atoms with van der Waals surface area (Å²) >= 11 is 6.07. The molecule has 0 aliphatic carbocycles. The molecule has 0 radical (unpaired) electrons. The first-order chi connectivity index (χ1) is 11.2. The molecule has 0 atom stereocenters. The lowest BCUT2D eigenvalue weighted by molar-refractivity contribution is -0.116. The molecule has 0 aliphatic rings. The summed E-state index contributed by atoms with van der Waals surface area (Å²) in [4.78, 5) is 16.0. The number of nitrogens with zero attached hydrogens (tertiary/aromatic N) is 4. The maximum Gasteiger partial charge on any atom is 0.224 e. The second-order valence-electron chi connectivity index (χ2n) is 5.06. The Labute approximate surface area is 138 Å². The number of aromatic nitrogens is 4. The van der Waals surface area contributed by atoms with Gasteiger partial charge < -0.3 is 9.88 Å². The van der Waals surface area contributed by atoms with Crippen LogP contribution >= 0.6 is 11.6 Å². The van der Waals surface area contributed by atoms with Gasteiger partial charge >= 0.3 is 0 Å². The molecular weight excluding hydrogens is 314 g/mol. The van der Waals surface area contributed by atoms with Gasteiger partial charge in [-0.05, 0) is 36.8 Å². The van der Waals surface area contributed by atoms with Crippen LogP contribution in [0.2, 0.25) is 5.02 Å². The number of carbonyl (C=O) groups excluding carboxylic acids is 1. The van der Waals surface area contributed by atoms with Gasteiger partial charge in [0.05, 0.1) is 11.4 Å². The summed E-state index contributed by atoms with van der Waals surface area (Å²) < 4.78 is 3.62. The van der Waals surface area contributed by atoms with Gasteiger partial charge in [-0.1, -0.05) is 11.6 Å². The molecule has 0 fully saturated rings. The lowest BCUT2D eigenvalue weighted by Crippen LogP contribution is -2.14. The van der Waals surface area contributed by atoms with E-state index in [1.165, 1.54) is 6.33 Å². The van der Waals surface area contributed by atoms with Gasteiger partial charge in [0.15, 0.2) is 0 Å². The topological polar surface area (TPSA) is 64.7 Å². The number of rotatable bonds is 6. The molecule has 0 unspecified atom stereocenters. The largest absolute Gasteiger partial charge is 0.324 e. The molecule has 0 saturated heterocycles. The lowest BCUT2D eigenvalue weighted by Gasteiger charge is -2.12. The smallest absolute Gasteiger partial charge is 0.224 e. The minimum Gasteiger partial charge on any atom is -0.324 e. The summed E-state index contributed by atoms with van der Waals surface area (Å²) in [6.45, 7) is 0.665. The summed E-state index contributed by atoms with van der Waals surface area (Å²) in [7, 11) is 0. The van der Waals surface area contributed by atoms with Gasteiger partial charge in [0, 0.05) is 30.4 Å². The summed E-state index contributed by atoms with van der Waals surface area (Å²) in [5.41, 5.74) is 1.57. The van der Waals surface area contributed by atoms with Crippen LogP contribution in [0.15, 0.2) is 55.4 Å². The SMILES string of the molecule is O=C(CCCn1cncn1)Nc1ccc(Cl)cc1-n1cccc1. The minimum absolute atomic E-state index is 0.0409. The standard InChI is InChI=1S/C16H16ClN5O/c17-13-5-6-14(15(10-13)21-7-1-2-8-21)20-16(23)4-3-9-22-12-18-11-19-22/h1-2,5-8,10-12H,3-4,9H2,(H,20,23). The van der Waals surface area contributed by atoms with Crippen molar-refractivity contribution >= 4 is 23.2 Å². The molecule has 2 aromatic heterocycles. The maximum atomic E-state index is 12.1. The first-order valence-electron chi connectivity index (χ1n) is 7.27. The van der Waals surface area contributed by atoms with E-state index in [1.54, 1.807) is 17.1 Å². The van der Waals surface area contributed by atoms with Crippen molar-refractivity contribution < 1.29 is 4.79 Å². The fraction of sp³-hybridized carbons (Fsp3) is 0.188. The number of amides is 1. The Morgan fingerprint density at radius 1 is 1.26 bits per heavy atom. The molecule has 118 valence electrons. The van der Waals surface area contributed by atoms with Crippen LogP contribution in [0.1, 0.15) is 12.8 Å². The number of anilines is 1. The highest BCUT2D eigenvalue weighted by molar-refractivity contribution is 6.30. The highest BCUT2D eigenvalue weighted by Crippen LogP contribution is 2.24. The van der Waals surface area contributed by atoms with E-state index in [0.717, 1.165) is 11.4 Å². The zero-order chi connectivity index (χ0) is 16.1. The molecule has 0 bridgehead atoms. The lowest BCUT2D eigenvalue weighted by atomic mass is 10.2. The van der Waals surface area contributed by atoms with E-state index in [1.807, 2.05) is 41.2 Å². The molecule has 0 saturated carbocycles. The van der Waals surface area contributed by atoms with Crippen molar-refractivity contribution in [3.8, 4) is 5.69 Å². The van der Waals surface area contributed by atoms with E-state index >= 15 is 0 Å². The number of aryl methyl sites for hydroxylation is 1. The first-order valence-corrected chi connectivity index (χ1v) is 7.65. The van der Waals surface area contributed by atoms with Crippen molar-refractivity contribution in [1.82, 2.24) is 19.3 Å². The van der Waals surface area contributed by atoms with Gasteiger partial charge in [-0.2, -0.15) is 5.10 Å². The minimum atomic E-state index is -0.0409. The number of nitrogens with one attached hydrogen (secondary N) is 1. The third kappa shape index (κ3) is 3.98. The average molecular weight is 330 g/mol. The van der Waals surface area contributed by atoms with Crippen LogP contribution in [0, 0.1) is 0 Å². The van der Waals surface area contributed by atoms with Gasteiger partial charge in [-0.15, -0.1) is 0 Å². The number of hydrogen-bond acceptors (Lipinski definition) is 3. The van der Waals surface area contributed by atoms with Crippen molar-refractivity contribution in [3.63, 3.8) is 0 Å². The molecule has 0 aliphatic heterocycles. The molecule has 0 spiro atoms. The van der Waals surface area contributed by atoms with Crippen LogP contribution in [0.3, 0.4) is 0 Å². The molecule has 1 aromatic carbocycles. The molecule has 1 amide bonds. The first kappa shape index (κ1) is 15.3. The number of hydrogen-bond donors (Lipinski definition) is 1. The normalized spacial score (nSPS) is 10.7. The number of halogens is 1. The van der Waals surface area contributed by atoms with Crippen LogP contribution in [-0.2, 0) is 11.3 Å². The van der Waals surface area contributed by atoms with E-state index in [4.69, 9.17) is 11.6 Å². The summed E-state index contributed by atoms with van der Waals surface area (Å²) in [5, 5.41) is 7.58. The van der Waals surface area contributed by atoms with Crippen molar-refractivity contribution in [2.24, 2.45) is 0 Å². The number of benzene rings is 1. The highest BCUT2D eigenvalue weighted by Gasteiger charge is 2.09. The van der Waals surface area contributed by atoms with Gasteiger partial charge in [0.2, 0.25) is 5.91 Å². The maximum absolute atomic E-state index is 12.1.